The second-order valence-electron chi connectivity index (χ2n) is 9.51. The summed E-state index contributed by atoms with van der Waals surface area (Å²) < 4.78 is 1.63. The Balaban J connectivity index is 1.43. The van der Waals surface area contributed by atoms with E-state index in [1.165, 1.54) is 12.8 Å². The minimum Gasteiger partial charge on any atom is -0.306 e. The Morgan fingerprint density at radius 3 is 2.68 bits per heavy atom. The third-order valence-corrected chi connectivity index (χ3v) is 7.11. The fourth-order valence-corrected chi connectivity index (χ4v) is 5.01. The number of aromatic nitrogens is 2. The van der Waals surface area contributed by atoms with Gasteiger partial charge in [-0.1, -0.05) is 65.7 Å². The van der Waals surface area contributed by atoms with Crippen molar-refractivity contribution >= 4 is 34.7 Å². The molecule has 0 saturated heterocycles. The number of benzene rings is 3. The molecule has 1 N–H and O–H groups in total. The van der Waals surface area contributed by atoms with E-state index in [-0.39, 0.29) is 18.2 Å². The fourth-order valence-electron chi connectivity index (χ4n) is 4.50. The van der Waals surface area contributed by atoms with E-state index in [0.29, 0.717) is 33.0 Å². The van der Waals surface area contributed by atoms with Crippen LogP contribution in [0, 0.1) is 19.4 Å². The maximum absolute atomic E-state index is 13.5. The lowest BCUT2D eigenvalue weighted by molar-refractivity contribution is 0.0985. The molecule has 1 saturated carbocycles. The van der Waals surface area contributed by atoms with E-state index in [0.717, 1.165) is 28.9 Å². The van der Waals surface area contributed by atoms with Crippen molar-refractivity contribution in [3.8, 4) is 5.69 Å². The number of hydrogen-bond donors (Lipinski definition) is 1. The van der Waals surface area contributed by atoms with Gasteiger partial charge in [0.05, 0.1) is 24.0 Å². The summed E-state index contributed by atoms with van der Waals surface area (Å²) >= 11 is 12.8. The van der Waals surface area contributed by atoms with Gasteiger partial charge in [-0.25, -0.2) is 9.53 Å². The Morgan fingerprint density at radius 1 is 1.11 bits per heavy atom. The minimum absolute atomic E-state index is 0.0435. The van der Waals surface area contributed by atoms with Crippen molar-refractivity contribution in [3.63, 3.8) is 0 Å². The predicted molar refractivity (Wildman–Crippen MR) is 148 cm³/mol. The van der Waals surface area contributed by atoms with Crippen molar-refractivity contribution < 1.29 is 4.79 Å². The minimum atomic E-state index is -0.107. The Bertz CT molecular complexity index is 1500. The van der Waals surface area contributed by atoms with E-state index >= 15 is 0 Å². The monoisotopic (exact) mass is 528 g/mol. The highest BCUT2D eigenvalue weighted by atomic mass is 35.5. The fraction of sp³-hybridized carbons (Fsp3) is 0.233. The smallest absolute Gasteiger partial charge is 0.189 e. The Kier molecular flexibility index (Phi) is 7.43. The van der Waals surface area contributed by atoms with Gasteiger partial charge in [0.25, 0.3) is 0 Å². The van der Waals surface area contributed by atoms with Crippen LogP contribution in [0.15, 0.2) is 72.8 Å². The maximum atomic E-state index is 13.5. The first-order chi connectivity index (χ1) is 17.9. The van der Waals surface area contributed by atoms with Crippen LogP contribution in [0.2, 0.25) is 10.0 Å². The van der Waals surface area contributed by atoms with Crippen LogP contribution in [0.4, 0.5) is 5.69 Å². The molecule has 5 rings (SSSR count). The summed E-state index contributed by atoms with van der Waals surface area (Å²) in [6.45, 7) is 10.1. The van der Waals surface area contributed by atoms with Gasteiger partial charge in [-0.3, -0.25) is 4.79 Å². The Morgan fingerprint density at radius 2 is 1.92 bits per heavy atom. The molecule has 1 heterocycles. The third kappa shape index (κ3) is 5.94. The number of rotatable bonds is 9. The summed E-state index contributed by atoms with van der Waals surface area (Å²) in [7, 11) is 0. The number of carbonyl (C=O) groups is 1. The molecule has 1 aliphatic carbocycles. The molecule has 3 aromatic carbocycles. The average Bonchev–Trinajstić information content (AvgIpc) is 3.64. The predicted octanol–water partition coefficient (Wildman–Crippen LogP) is 7.55. The van der Waals surface area contributed by atoms with Crippen molar-refractivity contribution in [3.05, 3.63) is 122 Å². The van der Waals surface area contributed by atoms with E-state index in [4.69, 9.17) is 29.8 Å². The summed E-state index contributed by atoms with van der Waals surface area (Å²) in [6, 6.07) is 22.5. The number of nitrogens with one attached hydrogen (secondary N) is 1. The van der Waals surface area contributed by atoms with Gasteiger partial charge < -0.3 is 5.32 Å². The van der Waals surface area contributed by atoms with Crippen LogP contribution in [0.5, 0.6) is 0 Å². The molecule has 0 aliphatic heterocycles. The Hall–Kier alpha value is -3.43. The van der Waals surface area contributed by atoms with Gasteiger partial charge in [-0.05, 0) is 79.3 Å². The molecule has 1 aliphatic rings. The van der Waals surface area contributed by atoms with Gasteiger partial charge >= 0.3 is 0 Å². The molecule has 1 atom stereocenters. The lowest BCUT2D eigenvalue weighted by atomic mass is 9.95. The van der Waals surface area contributed by atoms with Gasteiger partial charge in [-0.2, -0.15) is 5.10 Å². The van der Waals surface area contributed by atoms with Crippen molar-refractivity contribution in [1.29, 1.82) is 0 Å². The second-order valence-corrected chi connectivity index (χ2v) is 10.4. The first-order valence-electron chi connectivity index (χ1n) is 12.3. The highest BCUT2D eigenvalue weighted by Gasteiger charge is 2.25. The molecular weight excluding hydrogens is 503 g/mol. The lowest BCUT2D eigenvalue weighted by Crippen LogP contribution is -2.25. The summed E-state index contributed by atoms with van der Waals surface area (Å²) in [5, 5.41) is 9.42. The molecule has 1 fully saturated rings. The number of aryl methyl sites for hydroxylation is 1. The highest BCUT2D eigenvalue weighted by molar-refractivity contribution is 6.35. The van der Waals surface area contributed by atoms with E-state index in [9.17, 15) is 4.79 Å². The zero-order chi connectivity index (χ0) is 25.9. The van der Waals surface area contributed by atoms with Crippen LogP contribution in [0.3, 0.4) is 0 Å². The SMILES string of the molecule is [C-]#[N+]c1cccc(-n2nc(C)cc2C(=O)Cc2cccc(C(NCC3CC3)c3ccc(Cl)cc3Cl)c2)c1. The molecule has 0 bridgehead atoms. The molecule has 1 aromatic heterocycles. The summed E-state index contributed by atoms with van der Waals surface area (Å²) in [5.41, 5.74) is 5.35. The van der Waals surface area contributed by atoms with Gasteiger partial charge in [0.15, 0.2) is 11.5 Å². The van der Waals surface area contributed by atoms with Gasteiger partial charge in [0.2, 0.25) is 0 Å². The van der Waals surface area contributed by atoms with Crippen LogP contribution in [0.1, 0.15) is 51.8 Å². The molecule has 7 heteroatoms. The largest absolute Gasteiger partial charge is 0.306 e. The average molecular weight is 529 g/mol. The van der Waals surface area contributed by atoms with E-state index in [2.05, 4.69) is 27.4 Å². The van der Waals surface area contributed by atoms with Gasteiger partial charge in [0, 0.05) is 16.5 Å². The van der Waals surface area contributed by atoms with Gasteiger partial charge in [-0.15, -0.1) is 0 Å². The first-order valence-corrected chi connectivity index (χ1v) is 13.0. The van der Waals surface area contributed by atoms with Crippen LogP contribution in [-0.2, 0) is 6.42 Å². The lowest BCUT2D eigenvalue weighted by Gasteiger charge is -2.22. The molecular formula is C30H26Cl2N4O. The van der Waals surface area contributed by atoms with E-state index in [1.54, 1.807) is 35.0 Å². The van der Waals surface area contributed by atoms with E-state index in [1.807, 2.05) is 37.3 Å². The van der Waals surface area contributed by atoms with Crippen molar-refractivity contribution in [1.82, 2.24) is 15.1 Å². The van der Waals surface area contributed by atoms with Crippen LogP contribution in [0.25, 0.3) is 10.5 Å². The number of Topliss-reactive ketones (excluding diaryl/α,β-unsaturated/α-hetero) is 1. The summed E-state index contributed by atoms with van der Waals surface area (Å²) in [4.78, 5) is 17.0. The number of halogens is 2. The molecule has 37 heavy (non-hydrogen) atoms. The molecule has 186 valence electrons. The maximum Gasteiger partial charge on any atom is 0.189 e. The second kappa shape index (κ2) is 10.9. The van der Waals surface area contributed by atoms with Gasteiger partial charge in [0.1, 0.15) is 5.69 Å². The van der Waals surface area contributed by atoms with Crippen molar-refractivity contribution in [2.75, 3.05) is 6.54 Å². The summed E-state index contributed by atoms with van der Waals surface area (Å²) in [5.74, 6) is 0.654. The summed E-state index contributed by atoms with van der Waals surface area (Å²) in [6.07, 6.45) is 2.72. The topological polar surface area (TPSA) is 51.3 Å². The van der Waals surface area contributed by atoms with Crippen molar-refractivity contribution in [2.45, 2.75) is 32.2 Å². The Labute approximate surface area is 226 Å². The number of nitrogens with zero attached hydrogens (tertiary/aromatic N) is 3. The zero-order valence-corrected chi connectivity index (χ0v) is 21.9. The van der Waals surface area contributed by atoms with E-state index < -0.39 is 0 Å². The van der Waals surface area contributed by atoms with Crippen molar-refractivity contribution in [2.24, 2.45) is 5.92 Å². The quantitative estimate of drug-likeness (QED) is 0.180. The number of hydrogen-bond acceptors (Lipinski definition) is 3. The molecule has 4 aromatic rings. The van der Waals surface area contributed by atoms with Crippen LogP contribution in [-0.4, -0.2) is 22.1 Å². The number of carbonyl (C=O) groups excluding carboxylic acids is 1. The van der Waals surface area contributed by atoms with Crippen LogP contribution < -0.4 is 5.32 Å². The van der Waals surface area contributed by atoms with Crippen LogP contribution >= 0.6 is 23.2 Å². The first kappa shape index (κ1) is 25.2. The third-order valence-electron chi connectivity index (χ3n) is 6.55. The molecule has 0 radical (unpaired) electrons. The number of ketones is 1. The standard InChI is InChI=1S/C30H26Cl2N4O/c1-19-13-28(36(35-19)25-8-4-7-24(17-25)33-2)29(37)15-21-5-3-6-22(14-21)30(34-18-20-9-10-20)26-12-11-23(31)16-27(26)32/h3-8,11-14,16-17,20,30,34H,9-10,15,18H2,1H3. The molecule has 0 spiro atoms. The molecule has 1 unspecified atom stereocenters. The normalized spacial score (nSPS) is 13.8. The molecule has 0 amide bonds. The highest BCUT2D eigenvalue weighted by Crippen LogP contribution is 2.34. The molecule has 5 nitrogen and oxygen atoms in total. The zero-order valence-electron chi connectivity index (χ0n) is 20.4.